The largest absolute Gasteiger partial charge is 0.394 e. The molecule has 2 N–H and O–H groups in total. The molecule has 0 aliphatic rings. The molecule has 0 heterocycles. The van der Waals surface area contributed by atoms with Gasteiger partial charge in [-0.15, -0.1) is 0 Å². The van der Waals surface area contributed by atoms with Gasteiger partial charge in [0.15, 0.2) is 0 Å². The number of aliphatic hydroxyl groups is 2. The highest BCUT2D eigenvalue weighted by molar-refractivity contribution is 4.68. The Balaban J connectivity index is -0.000000207. The van der Waals surface area contributed by atoms with E-state index in [-0.39, 0.29) is 17.8 Å². The van der Waals surface area contributed by atoms with Crippen molar-refractivity contribution in [1.82, 2.24) is 0 Å². The third-order valence-corrected chi connectivity index (χ3v) is 0.877. The van der Waals surface area contributed by atoms with E-state index in [1.165, 1.54) is 13.3 Å². The summed E-state index contributed by atoms with van der Waals surface area (Å²) in [5.41, 5.74) is -0.0312. The fourth-order valence-electron chi connectivity index (χ4n) is 0.919. The van der Waals surface area contributed by atoms with Crippen LogP contribution in [0.5, 0.6) is 0 Å². The molecule has 0 radical (unpaired) electrons. The second kappa shape index (κ2) is 11.0. The highest BCUT2D eigenvalue weighted by Gasteiger charge is 2.19. The van der Waals surface area contributed by atoms with E-state index in [1.807, 2.05) is 0 Å². The quantitative estimate of drug-likeness (QED) is 0.750. The van der Waals surface area contributed by atoms with Gasteiger partial charge in [0.1, 0.15) is 0 Å². The maximum Gasteiger partial charge on any atom is 0.0742 e. The standard InChI is InChI=1S/C8H18O.C3H8O2.C3H8/c1-7(2,3)9-8(4,5)6;1-3(5)2-4;1-3-2/h1-6H3;3-5H,2H2,1H3;3H2,1-2H3. The molecule has 0 fully saturated rings. The van der Waals surface area contributed by atoms with Gasteiger partial charge >= 0.3 is 0 Å². The van der Waals surface area contributed by atoms with Crippen molar-refractivity contribution in [3.8, 4) is 0 Å². The fourth-order valence-corrected chi connectivity index (χ4v) is 0.919. The summed E-state index contributed by atoms with van der Waals surface area (Å²) < 4.78 is 5.62. The van der Waals surface area contributed by atoms with Crippen molar-refractivity contribution in [2.45, 2.75) is 86.0 Å². The van der Waals surface area contributed by atoms with Crippen LogP contribution in [-0.2, 0) is 4.74 Å². The summed E-state index contributed by atoms with van der Waals surface area (Å²) in [6.45, 7) is 18.0. The summed E-state index contributed by atoms with van der Waals surface area (Å²) in [4.78, 5) is 0. The van der Waals surface area contributed by atoms with Gasteiger partial charge in [-0.2, -0.15) is 0 Å². The van der Waals surface area contributed by atoms with Gasteiger partial charge in [0.2, 0.25) is 0 Å². The molecule has 108 valence electrons. The molecule has 0 aromatic carbocycles. The molecule has 17 heavy (non-hydrogen) atoms. The molecule has 0 spiro atoms. The van der Waals surface area contributed by atoms with Crippen LogP contribution in [0.2, 0.25) is 0 Å². The van der Waals surface area contributed by atoms with Crippen LogP contribution < -0.4 is 0 Å². The lowest BCUT2D eigenvalue weighted by atomic mass is 10.1. The molecule has 0 saturated heterocycles. The molecule has 0 bridgehead atoms. The van der Waals surface area contributed by atoms with Crippen molar-refractivity contribution in [3.05, 3.63) is 0 Å². The van der Waals surface area contributed by atoms with Gasteiger partial charge in [-0.05, 0) is 48.5 Å². The predicted octanol–water partition coefficient (Wildman–Crippen LogP) is 3.38. The van der Waals surface area contributed by atoms with E-state index in [9.17, 15) is 0 Å². The van der Waals surface area contributed by atoms with Crippen molar-refractivity contribution >= 4 is 0 Å². The average Bonchev–Trinajstić information content (AvgIpc) is 1.99. The summed E-state index contributed by atoms with van der Waals surface area (Å²) in [5, 5.41) is 16.0. The molecule has 3 heteroatoms. The maximum absolute atomic E-state index is 8.11. The van der Waals surface area contributed by atoms with Gasteiger partial charge in [-0.3, -0.25) is 0 Å². The third-order valence-electron chi connectivity index (χ3n) is 0.877. The van der Waals surface area contributed by atoms with Gasteiger partial charge in [0.25, 0.3) is 0 Å². The number of ether oxygens (including phenoxy) is 1. The lowest BCUT2D eigenvalue weighted by Gasteiger charge is -2.30. The SMILES string of the molecule is CC(C)(C)OC(C)(C)C.CC(O)CO.CCC. The van der Waals surface area contributed by atoms with Gasteiger partial charge in [0.05, 0.1) is 23.9 Å². The Kier molecular flexibility index (Phi) is 14.3. The molecule has 0 aliphatic carbocycles. The normalized spacial score (nSPS) is 12.9. The Hall–Kier alpha value is -0.120. The van der Waals surface area contributed by atoms with Crippen molar-refractivity contribution < 1.29 is 14.9 Å². The molecule has 1 unspecified atom stereocenters. The first kappa shape index (κ1) is 22.1. The van der Waals surface area contributed by atoms with E-state index in [0.717, 1.165) is 0 Å². The van der Waals surface area contributed by atoms with Crippen molar-refractivity contribution in [2.75, 3.05) is 6.61 Å². The Labute approximate surface area is 108 Å². The monoisotopic (exact) mass is 250 g/mol. The van der Waals surface area contributed by atoms with Gasteiger partial charge in [-0.1, -0.05) is 20.3 Å². The van der Waals surface area contributed by atoms with Crippen LogP contribution in [0.15, 0.2) is 0 Å². The zero-order valence-electron chi connectivity index (χ0n) is 13.3. The van der Waals surface area contributed by atoms with Crippen molar-refractivity contribution in [3.63, 3.8) is 0 Å². The Morgan fingerprint density at radius 3 is 1.12 bits per heavy atom. The Bertz CT molecular complexity index is 129. The summed E-state index contributed by atoms with van der Waals surface area (Å²) in [5.74, 6) is 0. The minimum absolute atomic E-state index is 0.0156. The number of rotatable bonds is 1. The van der Waals surface area contributed by atoms with Crippen molar-refractivity contribution in [2.24, 2.45) is 0 Å². The summed E-state index contributed by atoms with van der Waals surface area (Å²) in [6.07, 6.45) is 0.690. The predicted molar refractivity (Wildman–Crippen MR) is 75.3 cm³/mol. The minimum atomic E-state index is -0.560. The highest BCUT2D eigenvalue weighted by atomic mass is 16.5. The molecule has 0 aliphatic heterocycles. The molecular weight excluding hydrogens is 216 g/mol. The smallest absolute Gasteiger partial charge is 0.0742 e. The van der Waals surface area contributed by atoms with E-state index in [1.54, 1.807) is 0 Å². The van der Waals surface area contributed by atoms with E-state index in [2.05, 4.69) is 55.4 Å². The first-order chi connectivity index (χ1) is 7.39. The van der Waals surface area contributed by atoms with Crippen LogP contribution in [0.4, 0.5) is 0 Å². The third kappa shape index (κ3) is 49.3. The molecule has 0 aromatic heterocycles. The van der Waals surface area contributed by atoms with E-state index >= 15 is 0 Å². The molecule has 0 saturated carbocycles. The first-order valence-corrected chi connectivity index (χ1v) is 6.38. The van der Waals surface area contributed by atoms with Crippen LogP contribution in [0, 0.1) is 0 Å². The summed E-state index contributed by atoms with van der Waals surface area (Å²) in [7, 11) is 0. The van der Waals surface area contributed by atoms with Gasteiger partial charge < -0.3 is 14.9 Å². The zero-order valence-corrected chi connectivity index (χ0v) is 13.3. The van der Waals surface area contributed by atoms with Crippen LogP contribution in [-0.4, -0.2) is 34.1 Å². The lowest BCUT2D eigenvalue weighted by molar-refractivity contribution is -0.102. The van der Waals surface area contributed by atoms with Gasteiger partial charge in [-0.25, -0.2) is 0 Å². The Morgan fingerprint density at radius 1 is 0.941 bits per heavy atom. The zero-order chi connectivity index (χ0) is 14.7. The van der Waals surface area contributed by atoms with E-state index in [4.69, 9.17) is 14.9 Å². The average molecular weight is 250 g/mol. The maximum atomic E-state index is 8.11. The number of hydrogen-bond donors (Lipinski definition) is 2. The highest BCUT2D eigenvalue weighted by Crippen LogP contribution is 2.17. The molecule has 3 nitrogen and oxygen atoms in total. The first-order valence-electron chi connectivity index (χ1n) is 6.38. The molecule has 0 amide bonds. The summed E-state index contributed by atoms with van der Waals surface area (Å²) in [6, 6.07) is 0. The minimum Gasteiger partial charge on any atom is -0.394 e. The summed E-state index contributed by atoms with van der Waals surface area (Å²) >= 11 is 0. The molecular formula is C14H34O3. The van der Waals surface area contributed by atoms with Gasteiger partial charge in [0, 0.05) is 0 Å². The van der Waals surface area contributed by atoms with Crippen LogP contribution in [0.3, 0.4) is 0 Å². The fraction of sp³-hybridized carbons (Fsp3) is 1.00. The lowest BCUT2D eigenvalue weighted by Crippen LogP contribution is -2.31. The van der Waals surface area contributed by atoms with E-state index < -0.39 is 6.10 Å². The topological polar surface area (TPSA) is 49.7 Å². The molecule has 0 aromatic rings. The van der Waals surface area contributed by atoms with E-state index in [0.29, 0.717) is 0 Å². The molecule has 1 atom stereocenters. The number of aliphatic hydroxyl groups excluding tert-OH is 2. The van der Waals surface area contributed by atoms with Crippen molar-refractivity contribution in [1.29, 1.82) is 0 Å². The van der Waals surface area contributed by atoms with Crippen LogP contribution >= 0.6 is 0 Å². The van der Waals surface area contributed by atoms with Crippen LogP contribution in [0.25, 0.3) is 0 Å². The number of hydrogen-bond acceptors (Lipinski definition) is 3. The second-order valence-electron chi connectivity index (χ2n) is 6.07. The molecule has 0 rings (SSSR count). The Morgan fingerprint density at radius 2 is 1.12 bits per heavy atom. The second-order valence-corrected chi connectivity index (χ2v) is 6.07. The van der Waals surface area contributed by atoms with Crippen LogP contribution in [0.1, 0.15) is 68.7 Å².